The summed E-state index contributed by atoms with van der Waals surface area (Å²) >= 11 is 0. The highest BCUT2D eigenvalue weighted by molar-refractivity contribution is 5.93. The van der Waals surface area contributed by atoms with Crippen LogP contribution in [0.5, 0.6) is 5.75 Å². The van der Waals surface area contributed by atoms with Crippen LogP contribution in [0.3, 0.4) is 0 Å². The molecular formula is C33H47N3O7. The standard InChI is InChI=1S/C33H47N3O7/c1-7-9-13-21-36(31(40)26(22-24-16-11-10-12-17-24)35-32(41)43-33(4,5)6)28(25-18-14-15-23(3)29(25)38)30(39)34-20-19-27(37)42-8-2/h10-12,14-18,26,28,38H,7-9,13,19-22H2,1-6H3,(H,34,39)(H,35,41). The molecule has 2 aromatic carbocycles. The lowest BCUT2D eigenvalue weighted by atomic mass is 9.97. The summed E-state index contributed by atoms with van der Waals surface area (Å²) in [6, 6.07) is 12.0. The van der Waals surface area contributed by atoms with Crippen molar-refractivity contribution in [3.63, 3.8) is 0 Å². The number of aromatic hydroxyl groups is 1. The van der Waals surface area contributed by atoms with Crippen LogP contribution in [0.2, 0.25) is 0 Å². The van der Waals surface area contributed by atoms with E-state index >= 15 is 0 Å². The number of hydrogen-bond donors (Lipinski definition) is 3. The molecule has 3 N–H and O–H groups in total. The van der Waals surface area contributed by atoms with E-state index in [1.54, 1.807) is 52.8 Å². The van der Waals surface area contributed by atoms with E-state index in [0.29, 0.717) is 12.0 Å². The first-order valence-electron chi connectivity index (χ1n) is 14.9. The Morgan fingerprint density at radius 1 is 0.977 bits per heavy atom. The van der Waals surface area contributed by atoms with Gasteiger partial charge in [-0.3, -0.25) is 14.4 Å². The Kier molecular flexibility index (Phi) is 14.0. The quantitative estimate of drug-likeness (QED) is 0.195. The van der Waals surface area contributed by atoms with Gasteiger partial charge in [-0.2, -0.15) is 0 Å². The fraction of sp³-hybridized carbons (Fsp3) is 0.515. The highest BCUT2D eigenvalue weighted by Crippen LogP contribution is 2.32. The maximum absolute atomic E-state index is 14.4. The fourth-order valence-electron chi connectivity index (χ4n) is 4.57. The van der Waals surface area contributed by atoms with Crippen LogP contribution in [0, 0.1) is 6.92 Å². The Balaban J connectivity index is 2.55. The number of phenolic OH excluding ortho intramolecular Hbond substituents is 1. The van der Waals surface area contributed by atoms with Crippen molar-refractivity contribution in [2.75, 3.05) is 19.7 Å². The van der Waals surface area contributed by atoms with Crippen LogP contribution in [-0.2, 0) is 30.3 Å². The molecule has 0 heterocycles. The van der Waals surface area contributed by atoms with Crippen molar-refractivity contribution in [3.05, 3.63) is 65.2 Å². The van der Waals surface area contributed by atoms with Gasteiger partial charge in [0.25, 0.3) is 0 Å². The molecule has 0 saturated heterocycles. The SMILES string of the molecule is CCCCCN(C(=O)C(Cc1ccccc1)NC(=O)OC(C)(C)C)C(C(=O)NCCC(=O)OCC)c1cccc(C)c1O. The summed E-state index contributed by atoms with van der Waals surface area (Å²) in [6.07, 6.45) is 1.60. The van der Waals surface area contributed by atoms with Gasteiger partial charge in [0.1, 0.15) is 23.4 Å². The second-order valence-electron chi connectivity index (χ2n) is 11.4. The van der Waals surface area contributed by atoms with E-state index in [9.17, 15) is 24.3 Å². The first kappa shape index (κ1) is 35.1. The zero-order valence-electron chi connectivity index (χ0n) is 26.3. The average molecular weight is 598 g/mol. The van der Waals surface area contributed by atoms with Gasteiger partial charge in [-0.1, -0.05) is 68.3 Å². The van der Waals surface area contributed by atoms with Crippen LogP contribution in [-0.4, -0.2) is 65.2 Å². The lowest BCUT2D eigenvalue weighted by Gasteiger charge is -2.35. The van der Waals surface area contributed by atoms with Gasteiger partial charge in [0.15, 0.2) is 0 Å². The number of hydrogen-bond acceptors (Lipinski definition) is 7. The first-order valence-corrected chi connectivity index (χ1v) is 14.9. The molecule has 0 bridgehead atoms. The predicted molar refractivity (Wildman–Crippen MR) is 164 cm³/mol. The summed E-state index contributed by atoms with van der Waals surface area (Å²) in [5, 5.41) is 16.5. The van der Waals surface area contributed by atoms with Gasteiger partial charge in [-0.15, -0.1) is 0 Å². The molecule has 43 heavy (non-hydrogen) atoms. The number of nitrogens with zero attached hydrogens (tertiary/aromatic N) is 1. The topological polar surface area (TPSA) is 134 Å². The van der Waals surface area contributed by atoms with E-state index in [-0.39, 0.29) is 43.9 Å². The van der Waals surface area contributed by atoms with Gasteiger partial charge in [-0.05, 0) is 52.2 Å². The molecule has 2 atom stereocenters. The second-order valence-corrected chi connectivity index (χ2v) is 11.4. The number of carbonyl (C=O) groups excluding carboxylic acids is 4. The van der Waals surface area contributed by atoms with Crippen LogP contribution in [0.1, 0.15) is 83.0 Å². The Morgan fingerprint density at radius 2 is 1.67 bits per heavy atom. The molecule has 0 fully saturated rings. The highest BCUT2D eigenvalue weighted by Gasteiger charge is 2.37. The van der Waals surface area contributed by atoms with Gasteiger partial charge in [0, 0.05) is 25.1 Å². The third-order valence-corrected chi connectivity index (χ3v) is 6.61. The molecule has 0 saturated carbocycles. The minimum atomic E-state index is -1.23. The van der Waals surface area contributed by atoms with E-state index in [0.717, 1.165) is 18.4 Å². The van der Waals surface area contributed by atoms with E-state index in [4.69, 9.17) is 9.47 Å². The molecule has 2 aromatic rings. The molecular weight excluding hydrogens is 550 g/mol. The molecule has 0 aromatic heterocycles. The van der Waals surface area contributed by atoms with Crippen LogP contribution in [0.4, 0.5) is 4.79 Å². The number of nitrogens with one attached hydrogen (secondary N) is 2. The molecule has 236 valence electrons. The summed E-state index contributed by atoms with van der Waals surface area (Å²) in [5.41, 5.74) is 0.795. The van der Waals surface area contributed by atoms with Crippen molar-refractivity contribution in [3.8, 4) is 5.75 Å². The lowest BCUT2D eigenvalue weighted by molar-refractivity contribution is -0.144. The molecule has 2 unspecified atom stereocenters. The van der Waals surface area contributed by atoms with E-state index in [1.807, 2.05) is 37.3 Å². The number of carbonyl (C=O) groups is 4. The molecule has 2 rings (SSSR count). The van der Waals surface area contributed by atoms with E-state index in [1.165, 1.54) is 4.90 Å². The van der Waals surface area contributed by atoms with Crippen molar-refractivity contribution in [2.45, 2.75) is 91.3 Å². The smallest absolute Gasteiger partial charge is 0.408 e. The van der Waals surface area contributed by atoms with Crippen molar-refractivity contribution >= 4 is 23.9 Å². The highest BCUT2D eigenvalue weighted by atomic mass is 16.6. The molecule has 10 heteroatoms. The van der Waals surface area contributed by atoms with Gasteiger partial charge >= 0.3 is 12.1 Å². The molecule has 3 amide bonds. The number of ether oxygens (including phenoxy) is 2. The van der Waals surface area contributed by atoms with Gasteiger partial charge in [0.2, 0.25) is 11.8 Å². The largest absolute Gasteiger partial charge is 0.507 e. The summed E-state index contributed by atoms with van der Waals surface area (Å²) in [6.45, 7) is 11.0. The van der Waals surface area contributed by atoms with Crippen LogP contribution >= 0.6 is 0 Å². The Morgan fingerprint density at radius 3 is 2.30 bits per heavy atom. The number of benzene rings is 2. The monoisotopic (exact) mass is 597 g/mol. The third kappa shape index (κ3) is 11.6. The molecule has 0 aliphatic heterocycles. The number of esters is 1. The summed E-state index contributed by atoms with van der Waals surface area (Å²) < 4.78 is 10.4. The first-order chi connectivity index (χ1) is 20.4. The summed E-state index contributed by atoms with van der Waals surface area (Å²) in [5.74, 6) is -1.64. The van der Waals surface area contributed by atoms with E-state index < -0.39 is 41.6 Å². The average Bonchev–Trinajstić information content (AvgIpc) is 2.93. The zero-order chi connectivity index (χ0) is 32.0. The molecule has 0 aliphatic carbocycles. The van der Waals surface area contributed by atoms with Crippen LogP contribution in [0.25, 0.3) is 0 Å². The minimum Gasteiger partial charge on any atom is -0.507 e. The number of rotatable bonds is 15. The normalized spacial score (nSPS) is 12.5. The van der Waals surface area contributed by atoms with Crippen molar-refractivity contribution in [2.24, 2.45) is 0 Å². The maximum Gasteiger partial charge on any atom is 0.408 e. The van der Waals surface area contributed by atoms with E-state index in [2.05, 4.69) is 10.6 Å². The van der Waals surface area contributed by atoms with Gasteiger partial charge in [0.05, 0.1) is 13.0 Å². The number of alkyl carbamates (subject to hydrolysis) is 1. The number of para-hydroxylation sites is 1. The Hall–Kier alpha value is -4.08. The summed E-state index contributed by atoms with van der Waals surface area (Å²) in [4.78, 5) is 54.5. The van der Waals surface area contributed by atoms with Crippen LogP contribution in [0.15, 0.2) is 48.5 Å². The maximum atomic E-state index is 14.4. The number of phenols is 1. The fourth-order valence-corrected chi connectivity index (χ4v) is 4.57. The molecule has 0 spiro atoms. The lowest BCUT2D eigenvalue weighted by Crippen LogP contribution is -2.54. The number of unbranched alkanes of at least 4 members (excludes halogenated alkanes) is 2. The predicted octanol–water partition coefficient (Wildman–Crippen LogP) is 4.97. The molecule has 10 nitrogen and oxygen atoms in total. The van der Waals surface area contributed by atoms with Crippen molar-refractivity contribution in [1.82, 2.24) is 15.5 Å². The number of amides is 3. The van der Waals surface area contributed by atoms with Crippen LogP contribution < -0.4 is 10.6 Å². The van der Waals surface area contributed by atoms with Crippen molar-refractivity contribution in [1.29, 1.82) is 0 Å². The van der Waals surface area contributed by atoms with Crippen molar-refractivity contribution < 1.29 is 33.8 Å². The third-order valence-electron chi connectivity index (χ3n) is 6.61. The van der Waals surface area contributed by atoms with Gasteiger partial charge in [-0.25, -0.2) is 4.79 Å². The second kappa shape index (κ2) is 17.1. The molecule has 0 radical (unpaired) electrons. The number of aryl methyl sites for hydroxylation is 1. The zero-order valence-corrected chi connectivity index (χ0v) is 26.3. The van der Waals surface area contributed by atoms with Gasteiger partial charge < -0.3 is 30.1 Å². The minimum absolute atomic E-state index is 0.0126. The summed E-state index contributed by atoms with van der Waals surface area (Å²) in [7, 11) is 0. The molecule has 0 aliphatic rings. The Labute approximate surface area is 255 Å². The Bertz CT molecular complexity index is 1210.